The Morgan fingerprint density at radius 3 is 2.35 bits per heavy atom. The highest BCUT2D eigenvalue weighted by Crippen LogP contribution is 2.60. The fourth-order valence-electron chi connectivity index (χ4n) is 5.75. The molecule has 4 aliphatic carbocycles. The quantitative estimate of drug-likeness (QED) is 0.718. The maximum atomic E-state index is 13.2. The van der Waals surface area contributed by atoms with Gasteiger partial charge >= 0.3 is 0 Å². The lowest BCUT2D eigenvalue weighted by atomic mass is 9.48. The number of Topliss-reactive ketones (excluding diaryl/α,β-unsaturated/α-hetero) is 1. The third-order valence-corrected chi connectivity index (χ3v) is 7.65. The monoisotopic (exact) mass is 388 g/mol. The lowest BCUT2D eigenvalue weighted by Crippen LogP contribution is -2.50. The molecule has 1 aromatic heterocycles. The highest BCUT2D eigenvalue weighted by atomic mass is 35.5. The number of halogens is 1. The molecule has 4 saturated carbocycles. The molecule has 136 valence electrons. The molecule has 4 fully saturated rings. The minimum atomic E-state index is -0.0553. The van der Waals surface area contributed by atoms with Gasteiger partial charge in [0, 0.05) is 10.4 Å². The molecular weight excluding hydrogens is 368 g/mol. The van der Waals surface area contributed by atoms with Crippen molar-refractivity contribution < 1.29 is 4.79 Å². The predicted octanol–water partition coefficient (Wildman–Crippen LogP) is 4.19. The van der Waals surface area contributed by atoms with Gasteiger partial charge in [-0.3, -0.25) is 4.79 Å². The van der Waals surface area contributed by atoms with Crippen LogP contribution in [0.15, 0.2) is 29.4 Å². The van der Waals surface area contributed by atoms with Crippen LogP contribution in [-0.2, 0) is 4.79 Å². The summed E-state index contributed by atoms with van der Waals surface area (Å²) < 4.78 is 1.67. The van der Waals surface area contributed by atoms with Crippen molar-refractivity contribution in [3.8, 4) is 5.69 Å². The summed E-state index contributed by atoms with van der Waals surface area (Å²) in [6.45, 7) is 0. The summed E-state index contributed by atoms with van der Waals surface area (Å²) in [6.07, 6.45) is 7.40. The van der Waals surface area contributed by atoms with E-state index in [-0.39, 0.29) is 5.41 Å². The van der Waals surface area contributed by atoms with Crippen molar-refractivity contribution in [2.75, 3.05) is 5.75 Å². The molecule has 0 unspecified atom stereocenters. The normalized spacial score (nSPS) is 32.1. The molecule has 0 radical (unpaired) electrons. The van der Waals surface area contributed by atoms with Crippen molar-refractivity contribution in [1.82, 2.24) is 20.2 Å². The second kappa shape index (κ2) is 6.34. The topological polar surface area (TPSA) is 60.7 Å². The molecule has 7 heteroatoms. The summed E-state index contributed by atoms with van der Waals surface area (Å²) in [4.78, 5) is 13.2. The van der Waals surface area contributed by atoms with Crippen molar-refractivity contribution in [3.63, 3.8) is 0 Å². The summed E-state index contributed by atoms with van der Waals surface area (Å²) in [5.74, 6) is 3.23. The zero-order valence-corrected chi connectivity index (χ0v) is 16.0. The molecule has 1 aromatic carbocycles. The zero-order valence-electron chi connectivity index (χ0n) is 14.5. The van der Waals surface area contributed by atoms with Crippen molar-refractivity contribution in [2.45, 2.75) is 43.7 Å². The van der Waals surface area contributed by atoms with Crippen LogP contribution in [0.1, 0.15) is 38.5 Å². The number of aromatic nitrogens is 4. The van der Waals surface area contributed by atoms with Gasteiger partial charge in [-0.1, -0.05) is 23.4 Å². The van der Waals surface area contributed by atoms with Crippen LogP contribution in [0.4, 0.5) is 0 Å². The number of benzene rings is 1. The van der Waals surface area contributed by atoms with Gasteiger partial charge in [-0.15, -0.1) is 5.10 Å². The number of thioether (sulfide) groups is 1. The second-order valence-corrected chi connectivity index (χ2v) is 9.64. The van der Waals surface area contributed by atoms with Gasteiger partial charge in [0.25, 0.3) is 0 Å². The van der Waals surface area contributed by atoms with E-state index in [1.54, 1.807) is 4.68 Å². The number of nitrogens with zero attached hydrogens (tertiary/aromatic N) is 4. The molecule has 4 bridgehead atoms. The van der Waals surface area contributed by atoms with Crippen LogP contribution < -0.4 is 0 Å². The van der Waals surface area contributed by atoms with Gasteiger partial charge in [-0.2, -0.15) is 4.68 Å². The summed E-state index contributed by atoms with van der Waals surface area (Å²) in [6, 6.07) is 7.38. The van der Waals surface area contributed by atoms with Gasteiger partial charge in [0.05, 0.1) is 11.4 Å². The number of rotatable bonds is 5. The van der Waals surface area contributed by atoms with E-state index in [2.05, 4.69) is 15.5 Å². The molecule has 0 amide bonds. The molecule has 0 atom stereocenters. The number of ketones is 1. The van der Waals surface area contributed by atoms with E-state index in [0.717, 1.165) is 42.7 Å². The minimum absolute atomic E-state index is 0.0553. The zero-order chi connectivity index (χ0) is 17.7. The molecule has 0 saturated heterocycles. The molecule has 2 aromatic rings. The first-order valence-corrected chi connectivity index (χ1v) is 10.7. The molecule has 0 spiro atoms. The first-order valence-electron chi connectivity index (χ1n) is 9.32. The van der Waals surface area contributed by atoms with Crippen LogP contribution in [0.25, 0.3) is 5.69 Å². The fraction of sp³-hybridized carbons (Fsp3) is 0.579. The van der Waals surface area contributed by atoms with E-state index in [1.807, 2.05) is 24.3 Å². The molecular formula is C19H21ClN4OS. The smallest absolute Gasteiger partial charge is 0.214 e. The summed E-state index contributed by atoms with van der Waals surface area (Å²) in [5.41, 5.74) is 0.796. The second-order valence-electron chi connectivity index (χ2n) is 8.26. The maximum Gasteiger partial charge on any atom is 0.214 e. The van der Waals surface area contributed by atoms with Crippen molar-refractivity contribution in [3.05, 3.63) is 29.3 Å². The third kappa shape index (κ3) is 2.87. The number of carbonyl (C=O) groups is 1. The highest BCUT2D eigenvalue weighted by Gasteiger charge is 2.54. The van der Waals surface area contributed by atoms with Crippen LogP contribution >= 0.6 is 23.4 Å². The van der Waals surface area contributed by atoms with E-state index in [0.29, 0.717) is 21.7 Å². The standard InChI is InChI=1S/C19H21ClN4OS/c20-15-1-3-16(4-2-15)24-18(21-22-23-24)26-11-17(25)19-8-12-5-13(9-19)7-14(6-12)10-19/h1-4,12-14H,5-11H2. The van der Waals surface area contributed by atoms with E-state index in [4.69, 9.17) is 11.6 Å². The van der Waals surface area contributed by atoms with Gasteiger partial charge in [-0.05, 0) is 91.0 Å². The first kappa shape index (κ1) is 16.8. The minimum Gasteiger partial charge on any atom is -0.298 e. The average molecular weight is 389 g/mol. The number of hydrogen-bond acceptors (Lipinski definition) is 5. The molecule has 4 aliphatic rings. The Labute approximate surface area is 161 Å². The first-order chi connectivity index (χ1) is 12.6. The average Bonchev–Trinajstić information content (AvgIpc) is 3.07. The Bertz CT molecular complexity index is 799. The van der Waals surface area contributed by atoms with Gasteiger partial charge in [0.15, 0.2) is 0 Å². The Morgan fingerprint density at radius 1 is 1.12 bits per heavy atom. The predicted molar refractivity (Wildman–Crippen MR) is 101 cm³/mol. The number of carbonyl (C=O) groups excluding carboxylic acids is 1. The van der Waals surface area contributed by atoms with Crippen molar-refractivity contribution >= 4 is 29.1 Å². The maximum absolute atomic E-state index is 13.2. The van der Waals surface area contributed by atoms with Gasteiger partial charge in [0.1, 0.15) is 5.78 Å². The van der Waals surface area contributed by atoms with E-state index >= 15 is 0 Å². The van der Waals surface area contributed by atoms with E-state index in [1.165, 1.54) is 31.0 Å². The summed E-state index contributed by atoms with van der Waals surface area (Å²) >= 11 is 7.41. The lowest BCUT2D eigenvalue weighted by molar-refractivity contribution is -0.141. The van der Waals surface area contributed by atoms with Crippen LogP contribution in [0.3, 0.4) is 0 Å². The Kier molecular flexibility index (Phi) is 4.09. The molecule has 0 N–H and O–H groups in total. The van der Waals surface area contributed by atoms with Gasteiger partial charge in [-0.25, -0.2) is 0 Å². The molecule has 0 aliphatic heterocycles. The van der Waals surface area contributed by atoms with Crippen molar-refractivity contribution in [1.29, 1.82) is 0 Å². The Balaban J connectivity index is 1.31. The third-order valence-electron chi connectivity index (χ3n) is 6.47. The van der Waals surface area contributed by atoms with Crippen LogP contribution in [0.5, 0.6) is 0 Å². The SMILES string of the molecule is O=C(CSc1nnnn1-c1ccc(Cl)cc1)C12CC3CC(CC(C3)C1)C2. The fourth-order valence-corrected chi connectivity index (χ4v) is 6.80. The van der Waals surface area contributed by atoms with E-state index < -0.39 is 0 Å². The van der Waals surface area contributed by atoms with Gasteiger partial charge in [0.2, 0.25) is 5.16 Å². The van der Waals surface area contributed by atoms with Crippen molar-refractivity contribution in [2.24, 2.45) is 23.2 Å². The van der Waals surface area contributed by atoms with Crippen LogP contribution in [0, 0.1) is 23.2 Å². The van der Waals surface area contributed by atoms with Gasteiger partial charge < -0.3 is 0 Å². The largest absolute Gasteiger partial charge is 0.298 e. The Hall–Kier alpha value is -1.40. The number of hydrogen-bond donors (Lipinski definition) is 0. The molecule has 26 heavy (non-hydrogen) atoms. The van der Waals surface area contributed by atoms with Crippen LogP contribution in [0.2, 0.25) is 5.02 Å². The molecule has 1 heterocycles. The van der Waals surface area contributed by atoms with Crippen LogP contribution in [-0.4, -0.2) is 31.7 Å². The summed E-state index contributed by atoms with van der Waals surface area (Å²) in [7, 11) is 0. The summed E-state index contributed by atoms with van der Waals surface area (Å²) in [5, 5.41) is 13.3. The molecule has 6 rings (SSSR count). The highest BCUT2D eigenvalue weighted by molar-refractivity contribution is 7.99. The number of tetrazole rings is 1. The van der Waals surface area contributed by atoms with E-state index in [9.17, 15) is 4.79 Å². The Morgan fingerprint density at radius 2 is 1.73 bits per heavy atom. The molecule has 5 nitrogen and oxygen atoms in total. The lowest BCUT2D eigenvalue weighted by Gasteiger charge is -2.56.